The number of halogens is 1. The van der Waals surface area contributed by atoms with E-state index in [0.717, 1.165) is 21.3 Å². The lowest BCUT2D eigenvalue weighted by molar-refractivity contribution is -0.135. The molecule has 2 aromatic heterocycles. The molecule has 1 saturated heterocycles. The smallest absolute Gasteiger partial charge is 0.228 e. The molecular weight excluding hydrogens is 344 g/mol. The Hall–Kier alpha value is -1.63. The van der Waals surface area contributed by atoms with Gasteiger partial charge in [-0.1, -0.05) is 17.7 Å². The summed E-state index contributed by atoms with van der Waals surface area (Å²) < 4.78 is 2.52. The lowest BCUT2D eigenvalue weighted by atomic mass is 9.89. The third-order valence-corrected chi connectivity index (χ3v) is 5.54. The molecule has 1 fully saturated rings. The minimum absolute atomic E-state index is 0.0791. The molecule has 0 aromatic carbocycles. The van der Waals surface area contributed by atoms with Gasteiger partial charge in [0.15, 0.2) is 0 Å². The van der Waals surface area contributed by atoms with E-state index in [2.05, 4.69) is 17.0 Å². The third kappa shape index (κ3) is 3.71. The second kappa shape index (κ2) is 7.51. The van der Waals surface area contributed by atoms with Gasteiger partial charge in [-0.05, 0) is 17.7 Å². The standard InChI is InChI=1S/C17H21ClN4OS/c1-3-6-22(11-13-4-5-16(18)24-13)17(23)15-9-19-8-14(15)12-7-20-21(2)10-12/h3-5,7,10,14-15,19H,1,6,8-9,11H2,2H3/t14-,15+/m1/s1. The Bertz CT molecular complexity index is 726. The van der Waals surface area contributed by atoms with E-state index in [1.807, 2.05) is 36.5 Å². The van der Waals surface area contributed by atoms with Gasteiger partial charge in [-0.15, -0.1) is 17.9 Å². The summed E-state index contributed by atoms with van der Waals surface area (Å²) >= 11 is 7.52. The first-order valence-electron chi connectivity index (χ1n) is 7.91. The largest absolute Gasteiger partial charge is 0.334 e. The molecule has 24 heavy (non-hydrogen) atoms. The number of nitrogens with zero attached hydrogens (tertiary/aromatic N) is 3. The number of hydrogen-bond acceptors (Lipinski definition) is 4. The molecule has 1 amide bonds. The van der Waals surface area contributed by atoms with Crippen LogP contribution in [-0.2, 0) is 18.4 Å². The second-order valence-corrected chi connectivity index (χ2v) is 7.83. The van der Waals surface area contributed by atoms with Gasteiger partial charge in [0.25, 0.3) is 0 Å². The van der Waals surface area contributed by atoms with Crippen molar-refractivity contribution < 1.29 is 4.79 Å². The topological polar surface area (TPSA) is 50.2 Å². The highest BCUT2D eigenvalue weighted by molar-refractivity contribution is 7.16. The summed E-state index contributed by atoms with van der Waals surface area (Å²) in [5.74, 6) is 0.230. The average Bonchev–Trinajstić information content (AvgIpc) is 3.27. The number of carbonyl (C=O) groups excluding carboxylic acids is 1. The van der Waals surface area contributed by atoms with E-state index in [1.54, 1.807) is 10.8 Å². The van der Waals surface area contributed by atoms with E-state index in [0.29, 0.717) is 19.6 Å². The highest BCUT2D eigenvalue weighted by Gasteiger charge is 2.36. The monoisotopic (exact) mass is 364 g/mol. The Morgan fingerprint density at radius 2 is 2.42 bits per heavy atom. The van der Waals surface area contributed by atoms with Crippen molar-refractivity contribution in [1.29, 1.82) is 0 Å². The number of thiophene rings is 1. The first kappa shape index (κ1) is 17.2. The molecule has 1 N–H and O–H groups in total. The van der Waals surface area contributed by atoms with E-state index in [4.69, 9.17) is 11.6 Å². The number of aromatic nitrogens is 2. The summed E-state index contributed by atoms with van der Waals surface area (Å²) in [5.41, 5.74) is 1.11. The number of carbonyl (C=O) groups is 1. The van der Waals surface area contributed by atoms with Crippen LogP contribution in [-0.4, -0.2) is 40.2 Å². The van der Waals surface area contributed by atoms with Crippen LogP contribution in [0.3, 0.4) is 0 Å². The molecular formula is C17H21ClN4OS. The number of nitrogens with one attached hydrogen (secondary N) is 1. The van der Waals surface area contributed by atoms with Gasteiger partial charge in [0.05, 0.1) is 23.0 Å². The summed E-state index contributed by atoms with van der Waals surface area (Å²) in [5, 5.41) is 7.59. The predicted octanol–water partition coefficient (Wildman–Crippen LogP) is 2.65. The van der Waals surface area contributed by atoms with Crippen LogP contribution in [0.25, 0.3) is 0 Å². The SMILES string of the molecule is C=CCN(Cc1ccc(Cl)s1)C(=O)[C@H]1CNC[C@@H]1c1cnn(C)c1. The number of hydrogen-bond donors (Lipinski definition) is 1. The van der Waals surface area contributed by atoms with E-state index in [-0.39, 0.29) is 17.7 Å². The summed E-state index contributed by atoms with van der Waals surface area (Å²) in [4.78, 5) is 16.1. The van der Waals surface area contributed by atoms with E-state index < -0.39 is 0 Å². The van der Waals surface area contributed by atoms with Crippen LogP contribution in [0.2, 0.25) is 4.34 Å². The Kier molecular flexibility index (Phi) is 5.38. The Morgan fingerprint density at radius 1 is 1.58 bits per heavy atom. The zero-order valence-electron chi connectivity index (χ0n) is 13.6. The quantitative estimate of drug-likeness (QED) is 0.802. The van der Waals surface area contributed by atoms with Crippen molar-refractivity contribution in [2.24, 2.45) is 13.0 Å². The molecule has 0 saturated carbocycles. The molecule has 2 atom stereocenters. The molecule has 1 aliphatic heterocycles. The molecule has 128 valence electrons. The molecule has 3 heterocycles. The third-order valence-electron chi connectivity index (χ3n) is 4.32. The summed E-state index contributed by atoms with van der Waals surface area (Å²) in [6, 6.07) is 3.84. The average molecular weight is 365 g/mol. The molecule has 5 nitrogen and oxygen atoms in total. The Morgan fingerprint density at radius 3 is 3.04 bits per heavy atom. The van der Waals surface area contributed by atoms with Gasteiger partial charge in [-0.25, -0.2) is 0 Å². The van der Waals surface area contributed by atoms with Crippen molar-refractivity contribution in [3.8, 4) is 0 Å². The van der Waals surface area contributed by atoms with Gasteiger partial charge in [0.2, 0.25) is 5.91 Å². The van der Waals surface area contributed by atoms with E-state index >= 15 is 0 Å². The van der Waals surface area contributed by atoms with E-state index in [1.165, 1.54) is 11.3 Å². The normalized spacial score (nSPS) is 20.2. The van der Waals surface area contributed by atoms with Gasteiger partial charge < -0.3 is 10.2 Å². The number of rotatable bonds is 6. The summed E-state index contributed by atoms with van der Waals surface area (Å²) in [6.07, 6.45) is 5.62. The highest BCUT2D eigenvalue weighted by Crippen LogP contribution is 2.30. The van der Waals surface area contributed by atoms with Crippen molar-refractivity contribution in [2.75, 3.05) is 19.6 Å². The van der Waals surface area contributed by atoms with Gasteiger partial charge in [0.1, 0.15) is 0 Å². The van der Waals surface area contributed by atoms with Crippen molar-refractivity contribution in [2.45, 2.75) is 12.5 Å². The maximum atomic E-state index is 13.1. The van der Waals surface area contributed by atoms with Gasteiger partial charge >= 0.3 is 0 Å². The maximum Gasteiger partial charge on any atom is 0.228 e. The van der Waals surface area contributed by atoms with Crippen molar-refractivity contribution in [3.63, 3.8) is 0 Å². The fraction of sp³-hybridized carbons (Fsp3) is 0.412. The van der Waals surface area contributed by atoms with Crippen LogP contribution < -0.4 is 5.32 Å². The predicted molar refractivity (Wildman–Crippen MR) is 97.3 cm³/mol. The molecule has 1 aliphatic rings. The zero-order chi connectivity index (χ0) is 17.1. The first-order chi connectivity index (χ1) is 11.6. The van der Waals surface area contributed by atoms with Crippen LogP contribution in [0, 0.1) is 5.92 Å². The molecule has 2 aromatic rings. The molecule has 0 unspecified atom stereocenters. The molecule has 3 rings (SSSR count). The Balaban J connectivity index is 1.76. The van der Waals surface area contributed by atoms with Crippen molar-refractivity contribution in [3.05, 3.63) is 52.0 Å². The number of amides is 1. The molecule has 7 heteroatoms. The van der Waals surface area contributed by atoms with Crippen molar-refractivity contribution in [1.82, 2.24) is 20.0 Å². The van der Waals surface area contributed by atoms with Crippen LogP contribution >= 0.6 is 22.9 Å². The Labute approximate surface area is 150 Å². The maximum absolute atomic E-state index is 13.1. The first-order valence-corrected chi connectivity index (χ1v) is 9.11. The molecule has 0 bridgehead atoms. The lowest BCUT2D eigenvalue weighted by Crippen LogP contribution is -2.38. The van der Waals surface area contributed by atoms with Gasteiger partial charge in [0, 0.05) is 43.7 Å². The minimum Gasteiger partial charge on any atom is -0.334 e. The zero-order valence-corrected chi connectivity index (χ0v) is 15.2. The highest BCUT2D eigenvalue weighted by atomic mass is 35.5. The van der Waals surface area contributed by atoms with Crippen LogP contribution in [0.1, 0.15) is 16.4 Å². The molecule has 0 radical (unpaired) electrons. The van der Waals surface area contributed by atoms with Crippen LogP contribution in [0.15, 0.2) is 37.2 Å². The second-order valence-electron chi connectivity index (χ2n) is 6.03. The summed E-state index contributed by atoms with van der Waals surface area (Å²) in [7, 11) is 1.90. The minimum atomic E-state index is -0.0791. The van der Waals surface area contributed by atoms with E-state index in [9.17, 15) is 4.79 Å². The van der Waals surface area contributed by atoms with Gasteiger partial charge in [-0.2, -0.15) is 5.10 Å². The van der Waals surface area contributed by atoms with Crippen LogP contribution in [0.4, 0.5) is 0 Å². The van der Waals surface area contributed by atoms with Gasteiger partial charge in [-0.3, -0.25) is 9.48 Å². The fourth-order valence-electron chi connectivity index (χ4n) is 3.17. The fourth-order valence-corrected chi connectivity index (χ4v) is 4.27. The van der Waals surface area contributed by atoms with Crippen LogP contribution in [0.5, 0.6) is 0 Å². The summed E-state index contributed by atoms with van der Waals surface area (Å²) in [6.45, 7) is 6.38. The van der Waals surface area contributed by atoms with Crippen molar-refractivity contribution >= 4 is 28.8 Å². The lowest BCUT2D eigenvalue weighted by Gasteiger charge is -2.26. The molecule has 0 aliphatic carbocycles. The number of aryl methyl sites for hydroxylation is 1. The molecule has 0 spiro atoms.